The summed E-state index contributed by atoms with van der Waals surface area (Å²) in [5.41, 5.74) is 2.72. The van der Waals surface area contributed by atoms with Crippen molar-refractivity contribution in [1.82, 2.24) is 4.98 Å². The molecule has 0 saturated carbocycles. The topological polar surface area (TPSA) is 60.5 Å². The summed E-state index contributed by atoms with van der Waals surface area (Å²) >= 11 is 1.40. The number of methoxy groups -OCH3 is 1. The average Bonchev–Trinajstić information content (AvgIpc) is 3.24. The van der Waals surface area contributed by atoms with Gasteiger partial charge in [-0.3, -0.25) is 10.1 Å². The van der Waals surface area contributed by atoms with Crippen molar-refractivity contribution in [3.63, 3.8) is 0 Å². The molecule has 3 aromatic rings. The van der Waals surface area contributed by atoms with Gasteiger partial charge in [-0.15, -0.1) is 11.3 Å². The van der Waals surface area contributed by atoms with E-state index in [2.05, 4.69) is 17.2 Å². The van der Waals surface area contributed by atoms with Gasteiger partial charge < -0.3 is 9.47 Å². The van der Waals surface area contributed by atoms with E-state index in [-0.39, 0.29) is 5.91 Å². The van der Waals surface area contributed by atoms with E-state index in [1.54, 1.807) is 13.2 Å². The van der Waals surface area contributed by atoms with Gasteiger partial charge in [0.2, 0.25) is 5.91 Å². The van der Waals surface area contributed by atoms with Crippen LogP contribution in [0.5, 0.6) is 11.5 Å². The molecule has 0 spiro atoms. The fourth-order valence-corrected chi connectivity index (χ4v) is 3.56. The molecule has 0 radical (unpaired) electrons. The Morgan fingerprint density at radius 1 is 1.13 bits per heavy atom. The van der Waals surface area contributed by atoms with Gasteiger partial charge in [-0.2, -0.15) is 0 Å². The Kier molecular flexibility index (Phi) is 8.03. The fourth-order valence-electron chi connectivity index (χ4n) is 2.83. The number of carbonyl (C=O) groups is 1. The van der Waals surface area contributed by atoms with Gasteiger partial charge in [-0.25, -0.2) is 4.98 Å². The van der Waals surface area contributed by atoms with Crippen LogP contribution in [0.3, 0.4) is 0 Å². The molecular weight excluding hydrogens is 396 g/mol. The van der Waals surface area contributed by atoms with E-state index >= 15 is 0 Å². The largest absolute Gasteiger partial charge is 0.493 e. The van der Waals surface area contributed by atoms with Gasteiger partial charge in [0.25, 0.3) is 0 Å². The molecule has 5 nitrogen and oxygen atoms in total. The van der Waals surface area contributed by atoms with Crippen molar-refractivity contribution >= 4 is 28.5 Å². The van der Waals surface area contributed by atoms with Gasteiger partial charge in [0, 0.05) is 17.0 Å². The molecule has 0 aliphatic carbocycles. The summed E-state index contributed by atoms with van der Waals surface area (Å²) in [5.74, 6) is 1.13. The van der Waals surface area contributed by atoms with Crippen LogP contribution in [0.25, 0.3) is 17.3 Å². The van der Waals surface area contributed by atoms with E-state index in [0.29, 0.717) is 23.2 Å². The molecule has 0 fully saturated rings. The van der Waals surface area contributed by atoms with Gasteiger partial charge in [-0.05, 0) is 30.2 Å². The molecule has 1 heterocycles. The number of ether oxygens (including phenoxy) is 2. The first-order chi connectivity index (χ1) is 14.7. The number of benzene rings is 2. The van der Waals surface area contributed by atoms with E-state index in [1.165, 1.54) is 17.4 Å². The zero-order valence-electron chi connectivity index (χ0n) is 17.3. The summed E-state index contributed by atoms with van der Waals surface area (Å²) in [5, 5.41) is 5.30. The summed E-state index contributed by atoms with van der Waals surface area (Å²) in [6.07, 6.45) is 6.54. The van der Waals surface area contributed by atoms with Gasteiger partial charge in [0.05, 0.1) is 19.4 Å². The molecule has 1 N–H and O–H groups in total. The normalized spacial score (nSPS) is 10.9. The first kappa shape index (κ1) is 21.6. The van der Waals surface area contributed by atoms with Crippen molar-refractivity contribution in [1.29, 1.82) is 0 Å². The van der Waals surface area contributed by atoms with Crippen LogP contribution in [0.15, 0.2) is 60.0 Å². The standard InChI is InChI=1S/C24H26N2O3S/c1-3-4-8-15-29-21-13-11-18(16-22(21)28-2)12-14-23(27)26-24-25-20(17-30-24)19-9-6-5-7-10-19/h5-7,9-14,16-17H,3-4,8,15H2,1-2H3,(H,25,26,27)/b14-12+. The zero-order valence-corrected chi connectivity index (χ0v) is 18.1. The van der Waals surface area contributed by atoms with E-state index in [0.717, 1.165) is 36.1 Å². The van der Waals surface area contributed by atoms with E-state index in [9.17, 15) is 4.79 Å². The van der Waals surface area contributed by atoms with Gasteiger partial charge in [0.1, 0.15) is 0 Å². The molecular formula is C24H26N2O3S. The lowest BCUT2D eigenvalue weighted by molar-refractivity contribution is -0.111. The first-order valence-electron chi connectivity index (χ1n) is 10.0. The maximum Gasteiger partial charge on any atom is 0.250 e. The molecule has 0 saturated heterocycles. The molecule has 0 bridgehead atoms. The number of hydrogen-bond donors (Lipinski definition) is 1. The summed E-state index contributed by atoms with van der Waals surface area (Å²) < 4.78 is 11.2. The van der Waals surface area contributed by atoms with Gasteiger partial charge in [-0.1, -0.05) is 56.2 Å². The van der Waals surface area contributed by atoms with Crippen LogP contribution in [-0.2, 0) is 4.79 Å². The molecule has 0 aliphatic heterocycles. The van der Waals surface area contributed by atoms with E-state index in [4.69, 9.17) is 9.47 Å². The number of unbranched alkanes of at least 4 members (excludes halogenated alkanes) is 2. The third-order valence-corrected chi connectivity index (χ3v) is 5.18. The first-order valence-corrected chi connectivity index (χ1v) is 10.9. The smallest absolute Gasteiger partial charge is 0.250 e. The van der Waals surface area contributed by atoms with Crippen molar-refractivity contribution in [3.8, 4) is 22.8 Å². The molecule has 0 aliphatic rings. The predicted octanol–water partition coefficient (Wildman–Crippen LogP) is 6.04. The van der Waals surface area contributed by atoms with Crippen LogP contribution in [0, 0.1) is 0 Å². The summed E-state index contributed by atoms with van der Waals surface area (Å²) in [6.45, 7) is 2.83. The molecule has 156 valence electrons. The number of thiazole rings is 1. The molecule has 6 heteroatoms. The van der Waals surface area contributed by atoms with E-state index < -0.39 is 0 Å². The quantitative estimate of drug-likeness (QED) is 0.320. The number of anilines is 1. The molecule has 1 amide bonds. The average molecular weight is 423 g/mol. The minimum atomic E-state index is -0.233. The van der Waals surface area contributed by atoms with Crippen LogP contribution in [0.4, 0.5) is 5.13 Å². The van der Waals surface area contributed by atoms with Crippen molar-refractivity contribution in [2.45, 2.75) is 26.2 Å². The summed E-state index contributed by atoms with van der Waals surface area (Å²) in [4.78, 5) is 16.7. The highest BCUT2D eigenvalue weighted by Gasteiger charge is 2.07. The van der Waals surface area contributed by atoms with Crippen molar-refractivity contribution in [2.75, 3.05) is 19.0 Å². The Hall–Kier alpha value is -3.12. The molecule has 0 atom stereocenters. The molecule has 3 rings (SSSR count). The second kappa shape index (κ2) is 11.2. The Bertz CT molecular complexity index is 983. The maximum absolute atomic E-state index is 12.3. The maximum atomic E-state index is 12.3. The van der Waals surface area contributed by atoms with Crippen LogP contribution in [0.1, 0.15) is 31.7 Å². The fraction of sp³-hybridized carbons (Fsp3) is 0.250. The van der Waals surface area contributed by atoms with Crippen molar-refractivity contribution < 1.29 is 14.3 Å². The third-order valence-electron chi connectivity index (χ3n) is 4.42. The van der Waals surface area contributed by atoms with Crippen molar-refractivity contribution in [3.05, 3.63) is 65.6 Å². The number of aromatic nitrogens is 1. The lowest BCUT2D eigenvalue weighted by Crippen LogP contribution is -2.07. The minimum Gasteiger partial charge on any atom is -0.493 e. The molecule has 2 aromatic carbocycles. The highest BCUT2D eigenvalue weighted by molar-refractivity contribution is 7.14. The van der Waals surface area contributed by atoms with Gasteiger partial charge in [0.15, 0.2) is 16.6 Å². The van der Waals surface area contributed by atoms with E-state index in [1.807, 2.05) is 53.9 Å². The summed E-state index contributed by atoms with van der Waals surface area (Å²) in [6, 6.07) is 15.5. The Morgan fingerprint density at radius 3 is 2.73 bits per heavy atom. The Labute approximate surface area is 181 Å². The van der Waals surface area contributed by atoms with Crippen LogP contribution < -0.4 is 14.8 Å². The molecule has 30 heavy (non-hydrogen) atoms. The number of amides is 1. The van der Waals surface area contributed by atoms with Gasteiger partial charge >= 0.3 is 0 Å². The number of carbonyl (C=O) groups excluding carboxylic acids is 1. The predicted molar refractivity (Wildman–Crippen MR) is 123 cm³/mol. The number of rotatable bonds is 10. The highest BCUT2D eigenvalue weighted by atomic mass is 32.1. The number of nitrogens with zero attached hydrogens (tertiary/aromatic N) is 1. The second-order valence-corrected chi connectivity index (χ2v) is 7.55. The van der Waals surface area contributed by atoms with Crippen LogP contribution >= 0.6 is 11.3 Å². The number of hydrogen-bond acceptors (Lipinski definition) is 5. The van der Waals surface area contributed by atoms with Crippen LogP contribution in [-0.4, -0.2) is 24.6 Å². The summed E-state index contributed by atoms with van der Waals surface area (Å²) in [7, 11) is 1.61. The SMILES string of the molecule is CCCCCOc1ccc(/C=C/C(=O)Nc2nc(-c3ccccc3)cs2)cc1OC. The zero-order chi connectivity index (χ0) is 21.2. The third kappa shape index (κ3) is 6.19. The van der Waals surface area contributed by atoms with Crippen molar-refractivity contribution in [2.24, 2.45) is 0 Å². The number of nitrogens with one attached hydrogen (secondary N) is 1. The molecule has 0 unspecified atom stereocenters. The minimum absolute atomic E-state index is 0.233. The highest BCUT2D eigenvalue weighted by Crippen LogP contribution is 2.29. The second-order valence-electron chi connectivity index (χ2n) is 6.69. The Balaban J connectivity index is 1.58. The monoisotopic (exact) mass is 422 g/mol. The van der Waals surface area contributed by atoms with Crippen LogP contribution in [0.2, 0.25) is 0 Å². The molecule has 1 aromatic heterocycles. The lowest BCUT2D eigenvalue weighted by atomic mass is 10.2. The lowest BCUT2D eigenvalue weighted by Gasteiger charge is -2.11. The Morgan fingerprint density at radius 2 is 1.97 bits per heavy atom.